The average Bonchev–Trinajstić information content (AvgIpc) is 2.64. The average molecular weight is 215 g/mol. The van der Waals surface area contributed by atoms with Gasteiger partial charge in [0.15, 0.2) is 11.9 Å². The maximum Gasteiger partial charge on any atom is 0.335 e. The Balaban J connectivity index is 1.94. The fourth-order valence-electron chi connectivity index (χ4n) is 1.91. The van der Waals surface area contributed by atoms with Gasteiger partial charge in [0.05, 0.1) is 6.61 Å². The predicted molar refractivity (Wildman–Crippen MR) is 48.1 cm³/mol. The second-order valence-electron chi connectivity index (χ2n) is 3.81. The lowest BCUT2D eigenvalue weighted by atomic mass is 10.0. The van der Waals surface area contributed by atoms with E-state index in [0.29, 0.717) is 25.9 Å². The highest BCUT2D eigenvalue weighted by atomic mass is 16.8. The van der Waals surface area contributed by atoms with Crippen molar-refractivity contribution in [3.05, 3.63) is 0 Å². The Morgan fingerprint density at radius 2 is 2.13 bits per heavy atom. The number of rotatable bonds is 2. The van der Waals surface area contributed by atoms with Gasteiger partial charge in [-0.1, -0.05) is 0 Å². The molecule has 1 unspecified atom stereocenters. The smallest absolute Gasteiger partial charge is 0.335 e. The van der Waals surface area contributed by atoms with Crippen LogP contribution >= 0.6 is 0 Å². The lowest BCUT2D eigenvalue weighted by Gasteiger charge is -2.35. The molecule has 15 heavy (non-hydrogen) atoms. The van der Waals surface area contributed by atoms with Crippen molar-refractivity contribution >= 4 is 12.4 Å². The molecule has 2 aliphatic rings. The van der Waals surface area contributed by atoms with E-state index >= 15 is 0 Å². The van der Waals surface area contributed by atoms with E-state index in [-0.39, 0.29) is 6.61 Å². The van der Waals surface area contributed by atoms with Gasteiger partial charge in [0.1, 0.15) is 0 Å². The van der Waals surface area contributed by atoms with Crippen molar-refractivity contribution in [3.63, 3.8) is 0 Å². The highest BCUT2D eigenvalue weighted by molar-refractivity contribution is 5.72. The van der Waals surface area contributed by atoms with Crippen LogP contribution in [0.2, 0.25) is 0 Å². The van der Waals surface area contributed by atoms with E-state index < -0.39 is 17.9 Å². The van der Waals surface area contributed by atoms with Gasteiger partial charge in [-0.3, -0.25) is 4.79 Å². The summed E-state index contributed by atoms with van der Waals surface area (Å²) in [7, 11) is 0. The van der Waals surface area contributed by atoms with Crippen molar-refractivity contribution in [2.75, 3.05) is 19.7 Å². The standard InChI is InChI=1S/C9H13NO5/c11-6-10-3-1-9(2-4-10)14-5-7(15-9)8(12)13/h6-7H,1-5H2,(H,12,13). The fraction of sp³-hybridized carbons (Fsp3) is 0.778. The predicted octanol–water partition coefficient (Wildman–Crippen LogP) is -0.565. The second kappa shape index (κ2) is 3.79. The summed E-state index contributed by atoms with van der Waals surface area (Å²) in [5.74, 6) is -1.77. The Morgan fingerprint density at radius 1 is 1.47 bits per heavy atom. The number of hydrogen-bond acceptors (Lipinski definition) is 4. The zero-order chi connectivity index (χ0) is 10.9. The van der Waals surface area contributed by atoms with Crippen molar-refractivity contribution in [2.45, 2.75) is 24.7 Å². The van der Waals surface area contributed by atoms with Gasteiger partial charge < -0.3 is 19.5 Å². The Hall–Kier alpha value is -1.14. The van der Waals surface area contributed by atoms with Gasteiger partial charge in [0.2, 0.25) is 6.41 Å². The van der Waals surface area contributed by atoms with E-state index in [1.165, 1.54) is 0 Å². The lowest BCUT2D eigenvalue weighted by molar-refractivity contribution is -0.199. The number of piperidine rings is 1. The third-order valence-electron chi connectivity index (χ3n) is 2.84. The van der Waals surface area contributed by atoms with Gasteiger partial charge in [-0.15, -0.1) is 0 Å². The molecule has 84 valence electrons. The molecular formula is C9H13NO5. The monoisotopic (exact) mass is 215 g/mol. The third kappa shape index (κ3) is 1.95. The van der Waals surface area contributed by atoms with E-state index in [0.717, 1.165) is 6.41 Å². The molecule has 6 heteroatoms. The summed E-state index contributed by atoms with van der Waals surface area (Å²) in [5, 5.41) is 8.75. The molecule has 0 bridgehead atoms. The summed E-state index contributed by atoms with van der Waals surface area (Å²) < 4.78 is 10.8. The summed E-state index contributed by atoms with van der Waals surface area (Å²) >= 11 is 0. The molecule has 2 fully saturated rings. The minimum absolute atomic E-state index is 0.0937. The SMILES string of the molecule is O=CN1CCC2(CC1)OCC(C(=O)O)O2. The molecule has 2 aliphatic heterocycles. The Kier molecular flexibility index (Phi) is 2.62. The molecule has 2 heterocycles. The molecule has 0 radical (unpaired) electrons. The Morgan fingerprint density at radius 3 is 2.60 bits per heavy atom. The summed E-state index contributed by atoms with van der Waals surface area (Å²) in [6, 6.07) is 0. The van der Waals surface area contributed by atoms with Crippen LogP contribution in [0.5, 0.6) is 0 Å². The summed E-state index contributed by atoms with van der Waals surface area (Å²) in [6.07, 6.45) is 0.995. The van der Waals surface area contributed by atoms with Gasteiger partial charge >= 0.3 is 5.97 Å². The third-order valence-corrected chi connectivity index (χ3v) is 2.84. The number of aliphatic carboxylic acids is 1. The van der Waals surface area contributed by atoms with Crippen LogP contribution < -0.4 is 0 Å². The van der Waals surface area contributed by atoms with Crippen LogP contribution in [0.1, 0.15) is 12.8 Å². The molecular weight excluding hydrogens is 202 g/mol. The van der Waals surface area contributed by atoms with Crippen LogP contribution in [-0.4, -0.2) is 54.0 Å². The molecule has 0 aromatic rings. The number of ether oxygens (including phenoxy) is 2. The van der Waals surface area contributed by atoms with Crippen LogP contribution in [0.15, 0.2) is 0 Å². The number of nitrogens with zero attached hydrogens (tertiary/aromatic N) is 1. The first-order chi connectivity index (χ1) is 7.15. The number of carbonyl (C=O) groups excluding carboxylic acids is 1. The quantitative estimate of drug-likeness (QED) is 0.624. The molecule has 2 rings (SSSR count). The van der Waals surface area contributed by atoms with Crippen molar-refractivity contribution in [3.8, 4) is 0 Å². The van der Waals surface area contributed by atoms with Crippen LogP contribution in [0.25, 0.3) is 0 Å². The zero-order valence-corrected chi connectivity index (χ0v) is 8.22. The number of likely N-dealkylation sites (tertiary alicyclic amines) is 1. The normalized spacial score (nSPS) is 29.3. The van der Waals surface area contributed by atoms with E-state index in [4.69, 9.17) is 14.6 Å². The van der Waals surface area contributed by atoms with Crippen molar-refractivity contribution in [2.24, 2.45) is 0 Å². The second-order valence-corrected chi connectivity index (χ2v) is 3.81. The van der Waals surface area contributed by atoms with Crippen LogP contribution in [0.3, 0.4) is 0 Å². The first kappa shape index (κ1) is 10.4. The molecule has 6 nitrogen and oxygen atoms in total. The highest BCUT2D eigenvalue weighted by Gasteiger charge is 2.46. The molecule has 1 amide bonds. The number of hydrogen-bond donors (Lipinski definition) is 1. The van der Waals surface area contributed by atoms with Gasteiger partial charge in [-0.25, -0.2) is 4.79 Å². The molecule has 1 N–H and O–H groups in total. The largest absolute Gasteiger partial charge is 0.479 e. The van der Waals surface area contributed by atoms with Crippen molar-refractivity contribution < 1.29 is 24.2 Å². The van der Waals surface area contributed by atoms with Crippen LogP contribution in [0.4, 0.5) is 0 Å². The molecule has 0 saturated carbocycles. The summed E-state index contributed by atoms with van der Waals surface area (Å²) in [5.41, 5.74) is 0. The zero-order valence-electron chi connectivity index (χ0n) is 8.22. The van der Waals surface area contributed by atoms with E-state index in [2.05, 4.69) is 0 Å². The van der Waals surface area contributed by atoms with Gasteiger partial charge in [-0.2, -0.15) is 0 Å². The minimum Gasteiger partial charge on any atom is -0.479 e. The molecule has 1 spiro atoms. The number of carbonyl (C=O) groups is 2. The topological polar surface area (TPSA) is 76.1 Å². The molecule has 0 aliphatic carbocycles. The van der Waals surface area contributed by atoms with Crippen molar-refractivity contribution in [1.82, 2.24) is 4.90 Å². The highest BCUT2D eigenvalue weighted by Crippen LogP contribution is 2.33. The minimum atomic E-state index is -0.996. The van der Waals surface area contributed by atoms with E-state index in [1.807, 2.05) is 0 Å². The number of carboxylic acids is 1. The van der Waals surface area contributed by atoms with Crippen LogP contribution in [-0.2, 0) is 19.1 Å². The van der Waals surface area contributed by atoms with Gasteiger partial charge in [-0.05, 0) is 0 Å². The molecule has 2 saturated heterocycles. The molecule has 0 aromatic carbocycles. The lowest BCUT2D eigenvalue weighted by Crippen LogP contribution is -2.45. The summed E-state index contributed by atoms with van der Waals surface area (Å²) in [6.45, 7) is 1.20. The van der Waals surface area contributed by atoms with Gasteiger partial charge in [0.25, 0.3) is 0 Å². The Labute approximate surface area is 86.8 Å². The summed E-state index contributed by atoms with van der Waals surface area (Å²) in [4.78, 5) is 22.8. The van der Waals surface area contributed by atoms with Gasteiger partial charge in [0, 0.05) is 25.9 Å². The first-order valence-corrected chi connectivity index (χ1v) is 4.89. The molecule has 0 aromatic heterocycles. The van der Waals surface area contributed by atoms with E-state index in [9.17, 15) is 9.59 Å². The van der Waals surface area contributed by atoms with Crippen molar-refractivity contribution in [1.29, 1.82) is 0 Å². The fourth-order valence-corrected chi connectivity index (χ4v) is 1.91. The first-order valence-electron chi connectivity index (χ1n) is 4.89. The van der Waals surface area contributed by atoms with Crippen LogP contribution in [0, 0.1) is 0 Å². The number of carboxylic acid groups (broad SMARTS) is 1. The number of amides is 1. The maximum absolute atomic E-state index is 10.7. The Bertz CT molecular complexity index is 272. The van der Waals surface area contributed by atoms with E-state index in [1.54, 1.807) is 4.90 Å². The molecule has 1 atom stereocenters. The maximum atomic E-state index is 10.7.